The van der Waals surface area contributed by atoms with Gasteiger partial charge in [0.1, 0.15) is 6.61 Å². The van der Waals surface area contributed by atoms with E-state index in [0.717, 1.165) is 32.1 Å². The van der Waals surface area contributed by atoms with Crippen molar-refractivity contribution in [3.8, 4) is 0 Å². The van der Waals surface area contributed by atoms with E-state index in [1.54, 1.807) is 0 Å². The van der Waals surface area contributed by atoms with Gasteiger partial charge in [-0.2, -0.15) is 0 Å². The summed E-state index contributed by atoms with van der Waals surface area (Å²) in [7, 11) is -4.37. The zero-order valence-electron chi connectivity index (χ0n) is 37.6. The molecule has 0 aliphatic carbocycles. The van der Waals surface area contributed by atoms with E-state index in [1.807, 2.05) is 0 Å². The lowest BCUT2D eigenvalue weighted by Crippen LogP contribution is -2.29. The number of carbonyl (C=O) groups is 2. The van der Waals surface area contributed by atoms with Crippen LogP contribution in [-0.4, -0.2) is 49.3 Å². The highest BCUT2D eigenvalue weighted by Gasteiger charge is 2.26. The van der Waals surface area contributed by atoms with Crippen LogP contribution in [0.1, 0.15) is 258 Å². The zero-order chi connectivity index (χ0) is 41.8. The molecule has 0 aromatic heterocycles. The van der Waals surface area contributed by atoms with E-state index in [0.29, 0.717) is 6.42 Å². The van der Waals surface area contributed by atoms with Gasteiger partial charge in [0.15, 0.2) is 6.10 Å². The van der Waals surface area contributed by atoms with Crippen LogP contribution in [0, 0.1) is 0 Å². The van der Waals surface area contributed by atoms with Crippen molar-refractivity contribution in [3.05, 3.63) is 0 Å². The number of ether oxygens (including phenoxy) is 2. The van der Waals surface area contributed by atoms with Crippen LogP contribution >= 0.6 is 7.82 Å². The molecule has 9 nitrogen and oxygen atoms in total. The average molecular weight is 832 g/mol. The molecule has 0 aliphatic rings. The summed E-state index contributed by atoms with van der Waals surface area (Å²) in [6.07, 6.45) is 45.6. The monoisotopic (exact) mass is 832 g/mol. The van der Waals surface area contributed by atoms with Gasteiger partial charge in [0.25, 0.3) is 0 Å². The van der Waals surface area contributed by atoms with E-state index in [2.05, 4.69) is 13.8 Å². The largest absolute Gasteiger partial charge is 0.472 e. The topological polar surface area (TPSA) is 134 Å². The molecule has 0 aromatic rings. The maximum absolute atomic E-state index is 12.6. The second kappa shape index (κ2) is 44.6. The van der Waals surface area contributed by atoms with Crippen LogP contribution in [0.15, 0.2) is 0 Å². The summed E-state index contributed by atoms with van der Waals surface area (Å²) in [5, 5.41) is 0. The number of phosphoric ester groups is 1. The van der Waals surface area contributed by atoms with Crippen molar-refractivity contribution in [2.45, 2.75) is 264 Å². The minimum absolute atomic E-state index is 0.0583. The molecule has 0 rings (SSSR count). The van der Waals surface area contributed by atoms with E-state index >= 15 is 0 Å². The SMILES string of the molecule is CCCCCCCCCCCCCCCCCCCCCC(=O)O[C@H](COC(=O)CCCCCCCCCCCCCCCCCCC)COP(=O)(O)OCCN. The highest BCUT2D eigenvalue weighted by Crippen LogP contribution is 2.43. The van der Waals surface area contributed by atoms with E-state index in [-0.39, 0.29) is 38.6 Å². The summed E-state index contributed by atoms with van der Waals surface area (Å²) >= 11 is 0. The van der Waals surface area contributed by atoms with Gasteiger partial charge in [-0.25, -0.2) is 4.57 Å². The van der Waals surface area contributed by atoms with Crippen molar-refractivity contribution in [1.29, 1.82) is 0 Å². The Morgan fingerprint density at radius 3 is 1.07 bits per heavy atom. The molecule has 0 saturated carbocycles. The van der Waals surface area contributed by atoms with Crippen LogP contribution < -0.4 is 5.73 Å². The summed E-state index contributed by atoms with van der Waals surface area (Å²) in [4.78, 5) is 35.0. The Labute approximate surface area is 352 Å². The first-order valence-electron chi connectivity index (χ1n) is 24.5. The molecule has 0 bridgehead atoms. The fourth-order valence-corrected chi connectivity index (χ4v) is 8.11. The number of carbonyl (C=O) groups excluding carboxylic acids is 2. The van der Waals surface area contributed by atoms with Gasteiger partial charge < -0.3 is 20.1 Å². The van der Waals surface area contributed by atoms with Crippen molar-refractivity contribution >= 4 is 19.8 Å². The predicted molar refractivity (Wildman–Crippen MR) is 238 cm³/mol. The minimum atomic E-state index is -4.37. The Morgan fingerprint density at radius 2 is 0.754 bits per heavy atom. The summed E-state index contributed by atoms with van der Waals surface area (Å²) in [5.41, 5.74) is 5.36. The fraction of sp³-hybridized carbons (Fsp3) is 0.957. The molecule has 0 aliphatic heterocycles. The maximum atomic E-state index is 12.6. The standard InChI is InChI=1S/C47H94NO8P/c1-3-5-7-9-11-13-15-17-19-21-22-24-26-28-30-32-34-36-38-40-47(50)56-45(44-55-57(51,52)54-42-41-48)43-53-46(49)39-37-35-33-31-29-27-25-23-20-18-16-14-12-10-8-6-4-2/h45H,3-44,48H2,1-2H3,(H,51,52)/t45-/m1/s1. The van der Waals surface area contributed by atoms with Crippen LogP contribution in [-0.2, 0) is 32.7 Å². The highest BCUT2D eigenvalue weighted by atomic mass is 31.2. The first kappa shape index (κ1) is 56.0. The summed E-state index contributed by atoms with van der Waals surface area (Å²) in [6.45, 7) is 3.80. The molecule has 0 fully saturated rings. The van der Waals surface area contributed by atoms with Crippen molar-refractivity contribution in [2.24, 2.45) is 5.73 Å². The van der Waals surface area contributed by atoms with E-state index < -0.39 is 26.5 Å². The van der Waals surface area contributed by atoms with Crippen molar-refractivity contribution in [2.75, 3.05) is 26.4 Å². The molecule has 2 atom stereocenters. The highest BCUT2D eigenvalue weighted by molar-refractivity contribution is 7.47. The van der Waals surface area contributed by atoms with Crippen LogP contribution in [0.4, 0.5) is 0 Å². The Balaban J connectivity index is 4.02. The molecule has 57 heavy (non-hydrogen) atoms. The van der Waals surface area contributed by atoms with Crippen LogP contribution in [0.3, 0.4) is 0 Å². The van der Waals surface area contributed by atoms with Crippen molar-refractivity contribution < 1.29 is 37.6 Å². The molecule has 0 saturated heterocycles. The second-order valence-corrected chi connectivity index (χ2v) is 18.2. The Morgan fingerprint density at radius 1 is 0.456 bits per heavy atom. The van der Waals surface area contributed by atoms with Crippen molar-refractivity contribution in [1.82, 2.24) is 0 Å². The molecule has 0 radical (unpaired) electrons. The number of hydrogen-bond acceptors (Lipinski definition) is 8. The minimum Gasteiger partial charge on any atom is -0.462 e. The molecule has 10 heteroatoms. The Hall–Kier alpha value is -0.990. The first-order chi connectivity index (χ1) is 27.8. The van der Waals surface area contributed by atoms with Gasteiger partial charge >= 0.3 is 19.8 Å². The van der Waals surface area contributed by atoms with Gasteiger partial charge in [-0.1, -0.05) is 232 Å². The van der Waals surface area contributed by atoms with Gasteiger partial charge in [-0.15, -0.1) is 0 Å². The number of esters is 2. The molecule has 1 unspecified atom stereocenters. The number of nitrogens with two attached hydrogens (primary N) is 1. The molecule has 0 aromatic carbocycles. The summed E-state index contributed by atoms with van der Waals surface area (Å²) in [6, 6.07) is 0. The van der Waals surface area contributed by atoms with Gasteiger partial charge in [0, 0.05) is 19.4 Å². The number of rotatable bonds is 47. The molecule has 0 heterocycles. The number of hydrogen-bond donors (Lipinski definition) is 2. The van der Waals surface area contributed by atoms with Gasteiger partial charge in [0.2, 0.25) is 0 Å². The lowest BCUT2D eigenvalue weighted by Gasteiger charge is -2.19. The molecule has 340 valence electrons. The van der Waals surface area contributed by atoms with Gasteiger partial charge in [-0.05, 0) is 12.8 Å². The normalized spacial score (nSPS) is 13.1. The van der Waals surface area contributed by atoms with Crippen LogP contribution in [0.25, 0.3) is 0 Å². The fourth-order valence-electron chi connectivity index (χ4n) is 7.34. The van der Waals surface area contributed by atoms with E-state index in [4.69, 9.17) is 24.3 Å². The van der Waals surface area contributed by atoms with E-state index in [1.165, 1.54) is 193 Å². The predicted octanol–water partition coefficient (Wildman–Crippen LogP) is 14.4. The zero-order valence-corrected chi connectivity index (χ0v) is 38.5. The third-order valence-electron chi connectivity index (χ3n) is 11.0. The lowest BCUT2D eigenvalue weighted by molar-refractivity contribution is -0.161. The third kappa shape index (κ3) is 44.4. The summed E-state index contributed by atoms with van der Waals surface area (Å²) < 4.78 is 32.9. The van der Waals surface area contributed by atoms with Gasteiger partial charge in [0.05, 0.1) is 13.2 Å². The second-order valence-electron chi connectivity index (χ2n) is 16.7. The average Bonchev–Trinajstić information content (AvgIpc) is 3.20. The molecular formula is C47H94NO8P. The lowest BCUT2D eigenvalue weighted by atomic mass is 10.0. The first-order valence-corrected chi connectivity index (χ1v) is 26.0. The quantitative estimate of drug-likeness (QED) is 0.0349. The smallest absolute Gasteiger partial charge is 0.462 e. The summed E-state index contributed by atoms with van der Waals surface area (Å²) in [5.74, 6) is -0.808. The third-order valence-corrected chi connectivity index (χ3v) is 12.0. The molecule has 0 amide bonds. The Bertz CT molecular complexity index is 907. The Kier molecular flexibility index (Phi) is 43.8. The van der Waals surface area contributed by atoms with Crippen LogP contribution in [0.2, 0.25) is 0 Å². The van der Waals surface area contributed by atoms with E-state index in [9.17, 15) is 19.0 Å². The molecular weight excluding hydrogens is 737 g/mol. The molecule has 0 spiro atoms. The van der Waals surface area contributed by atoms with Crippen LogP contribution in [0.5, 0.6) is 0 Å². The number of unbranched alkanes of at least 4 members (excludes halogenated alkanes) is 34. The van der Waals surface area contributed by atoms with Gasteiger partial charge in [-0.3, -0.25) is 18.6 Å². The van der Waals surface area contributed by atoms with Crippen molar-refractivity contribution in [3.63, 3.8) is 0 Å². The number of phosphoric acid groups is 1. The molecule has 3 N–H and O–H groups in total. The maximum Gasteiger partial charge on any atom is 0.472 e.